The van der Waals surface area contributed by atoms with Gasteiger partial charge in [0.15, 0.2) is 0 Å². The van der Waals surface area contributed by atoms with Crippen LogP contribution < -0.4 is 0 Å². The Morgan fingerprint density at radius 3 is 2.47 bits per heavy atom. The minimum atomic E-state index is -0.115. The Kier molecular flexibility index (Phi) is 2.30. The molecule has 0 aromatic carbocycles. The summed E-state index contributed by atoms with van der Waals surface area (Å²) in [6.45, 7) is 9.05. The summed E-state index contributed by atoms with van der Waals surface area (Å²) in [6, 6.07) is 0. The molecule has 17 heavy (non-hydrogen) atoms. The van der Waals surface area contributed by atoms with E-state index in [1.165, 1.54) is 12.8 Å². The number of rotatable bonds is 0. The highest BCUT2D eigenvalue weighted by molar-refractivity contribution is 5.12. The van der Waals surface area contributed by atoms with Crippen LogP contribution >= 0.6 is 0 Å². The zero-order valence-corrected chi connectivity index (χ0v) is 11.6. The summed E-state index contributed by atoms with van der Waals surface area (Å²) < 4.78 is 6.45. The van der Waals surface area contributed by atoms with Gasteiger partial charge in [0.05, 0.1) is 17.3 Å². The van der Waals surface area contributed by atoms with Gasteiger partial charge in [-0.3, -0.25) is 0 Å². The van der Waals surface area contributed by atoms with E-state index in [4.69, 9.17) is 4.74 Å². The minimum absolute atomic E-state index is 0.00308. The van der Waals surface area contributed by atoms with Gasteiger partial charge in [0.1, 0.15) is 0 Å². The zero-order chi connectivity index (χ0) is 12.5. The first-order chi connectivity index (χ1) is 7.77. The van der Waals surface area contributed by atoms with Gasteiger partial charge in [-0.2, -0.15) is 0 Å². The Labute approximate surface area is 105 Å². The summed E-state index contributed by atoms with van der Waals surface area (Å²) in [5.74, 6) is 1.32. The molecule has 3 aliphatic rings. The Balaban J connectivity index is 2.01. The van der Waals surface area contributed by atoms with Crippen LogP contribution in [0, 0.1) is 17.3 Å². The lowest BCUT2D eigenvalue weighted by molar-refractivity contribution is -0.256. The highest BCUT2D eigenvalue weighted by Gasteiger charge is 2.63. The summed E-state index contributed by atoms with van der Waals surface area (Å²) in [5, 5.41) is 10.4. The molecule has 1 heterocycles. The fraction of sp³-hybridized carbons (Fsp3) is 1.00. The van der Waals surface area contributed by atoms with E-state index in [1.807, 2.05) is 0 Å². The smallest absolute Gasteiger partial charge is 0.0699 e. The topological polar surface area (TPSA) is 29.5 Å². The lowest BCUT2D eigenvalue weighted by Crippen LogP contribution is -2.61. The Morgan fingerprint density at radius 2 is 1.76 bits per heavy atom. The van der Waals surface area contributed by atoms with E-state index in [2.05, 4.69) is 27.7 Å². The summed E-state index contributed by atoms with van der Waals surface area (Å²) >= 11 is 0. The quantitative estimate of drug-likeness (QED) is 0.702. The Morgan fingerprint density at radius 1 is 1.06 bits per heavy atom. The van der Waals surface area contributed by atoms with Crippen molar-refractivity contribution in [1.82, 2.24) is 0 Å². The fourth-order valence-electron chi connectivity index (χ4n) is 5.47. The molecular weight excluding hydrogens is 212 g/mol. The lowest BCUT2D eigenvalue weighted by atomic mass is 9.57. The van der Waals surface area contributed by atoms with Gasteiger partial charge in [-0.1, -0.05) is 6.92 Å². The highest BCUT2D eigenvalue weighted by atomic mass is 16.5. The van der Waals surface area contributed by atoms with E-state index in [-0.39, 0.29) is 22.7 Å². The third-order valence-corrected chi connectivity index (χ3v) is 5.83. The van der Waals surface area contributed by atoms with Crippen LogP contribution in [0.4, 0.5) is 0 Å². The number of aliphatic hydroxyl groups excluding tert-OH is 1. The zero-order valence-electron chi connectivity index (χ0n) is 11.6. The van der Waals surface area contributed by atoms with Gasteiger partial charge in [0, 0.05) is 0 Å². The van der Waals surface area contributed by atoms with Crippen LogP contribution in [-0.4, -0.2) is 22.4 Å². The normalized spacial score (nSPS) is 56.6. The summed E-state index contributed by atoms with van der Waals surface area (Å²) in [5.41, 5.74) is 0.120. The average Bonchev–Trinajstić information content (AvgIpc) is 2.51. The standard InChI is InChI=1S/C15H26O2/c1-13(2)9-10-5-7-14(3)11(16)6-8-15(4,17-13)12(10)14/h10-12,16H,5-9H2,1-4H3/t10-,11-,12-,14+,15-/m0/s1. The van der Waals surface area contributed by atoms with Gasteiger partial charge in [-0.15, -0.1) is 0 Å². The molecule has 0 aromatic heterocycles. The largest absolute Gasteiger partial charge is 0.393 e. The maximum atomic E-state index is 10.4. The first-order valence-corrected chi connectivity index (χ1v) is 7.15. The molecule has 0 amide bonds. The molecule has 1 saturated heterocycles. The second kappa shape index (κ2) is 3.27. The van der Waals surface area contributed by atoms with Gasteiger partial charge in [-0.25, -0.2) is 0 Å². The summed E-state index contributed by atoms with van der Waals surface area (Å²) in [4.78, 5) is 0. The molecule has 3 fully saturated rings. The minimum Gasteiger partial charge on any atom is -0.393 e. The average molecular weight is 238 g/mol. The molecule has 0 bridgehead atoms. The van der Waals surface area contributed by atoms with Crippen LogP contribution in [0.25, 0.3) is 0 Å². The molecule has 0 unspecified atom stereocenters. The molecule has 5 atom stereocenters. The van der Waals surface area contributed by atoms with Gasteiger partial charge >= 0.3 is 0 Å². The molecule has 0 spiro atoms. The molecular formula is C15H26O2. The van der Waals surface area contributed by atoms with Crippen LogP contribution in [0.15, 0.2) is 0 Å². The van der Waals surface area contributed by atoms with Crippen molar-refractivity contribution < 1.29 is 9.84 Å². The van der Waals surface area contributed by atoms with Gasteiger partial charge < -0.3 is 9.84 Å². The van der Waals surface area contributed by atoms with Crippen molar-refractivity contribution in [2.24, 2.45) is 17.3 Å². The van der Waals surface area contributed by atoms with Crippen molar-refractivity contribution in [3.63, 3.8) is 0 Å². The maximum absolute atomic E-state index is 10.4. The Hall–Kier alpha value is -0.0800. The van der Waals surface area contributed by atoms with Crippen molar-refractivity contribution in [3.05, 3.63) is 0 Å². The predicted octanol–water partition coefficient (Wildman–Crippen LogP) is 3.13. The number of hydrogen-bond donors (Lipinski definition) is 1. The van der Waals surface area contributed by atoms with Crippen LogP contribution in [0.1, 0.15) is 59.8 Å². The highest BCUT2D eigenvalue weighted by Crippen LogP contribution is 2.63. The van der Waals surface area contributed by atoms with Gasteiger partial charge in [0.25, 0.3) is 0 Å². The third-order valence-electron chi connectivity index (χ3n) is 5.83. The number of hydrogen-bond acceptors (Lipinski definition) is 2. The van der Waals surface area contributed by atoms with E-state index >= 15 is 0 Å². The Bertz CT molecular complexity index is 338. The van der Waals surface area contributed by atoms with Crippen LogP contribution in [-0.2, 0) is 4.74 Å². The monoisotopic (exact) mass is 238 g/mol. The second-order valence-corrected chi connectivity index (χ2v) is 7.72. The summed E-state index contributed by atoms with van der Waals surface area (Å²) in [6.07, 6.45) is 5.44. The van der Waals surface area contributed by atoms with Crippen LogP contribution in [0.2, 0.25) is 0 Å². The molecule has 2 aliphatic carbocycles. The molecule has 2 heteroatoms. The summed E-state index contributed by atoms with van der Waals surface area (Å²) in [7, 11) is 0. The van der Waals surface area contributed by atoms with Crippen molar-refractivity contribution in [1.29, 1.82) is 0 Å². The first kappa shape index (κ1) is 12.0. The molecule has 3 rings (SSSR count). The van der Waals surface area contributed by atoms with E-state index < -0.39 is 0 Å². The van der Waals surface area contributed by atoms with E-state index in [1.54, 1.807) is 0 Å². The molecule has 0 radical (unpaired) electrons. The van der Waals surface area contributed by atoms with Crippen molar-refractivity contribution in [2.75, 3.05) is 0 Å². The van der Waals surface area contributed by atoms with Crippen molar-refractivity contribution >= 4 is 0 Å². The molecule has 2 saturated carbocycles. The van der Waals surface area contributed by atoms with Gasteiger partial charge in [0.2, 0.25) is 0 Å². The third kappa shape index (κ3) is 1.53. The predicted molar refractivity (Wildman–Crippen MR) is 67.7 cm³/mol. The van der Waals surface area contributed by atoms with Crippen molar-refractivity contribution in [3.8, 4) is 0 Å². The van der Waals surface area contributed by atoms with Gasteiger partial charge in [-0.05, 0) is 70.1 Å². The number of aliphatic hydroxyl groups is 1. The van der Waals surface area contributed by atoms with Crippen LogP contribution in [0.5, 0.6) is 0 Å². The second-order valence-electron chi connectivity index (χ2n) is 7.72. The molecule has 98 valence electrons. The van der Waals surface area contributed by atoms with E-state index in [0.717, 1.165) is 25.2 Å². The fourth-order valence-corrected chi connectivity index (χ4v) is 5.47. The molecule has 1 N–H and O–H groups in total. The van der Waals surface area contributed by atoms with E-state index in [9.17, 15) is 5.11 Å². The molecule has 2 nitrogen and oxygen atoms in total. The lowest BCUT2D eigenvalue weighted by Gasteiger charge is -2.58. The SMILES string of the molecule is CC1(C)C[C@@H]2CC[C@]3(C)[C@@H](O)CC[C@](C)(O1)[C@@H]23. The number of ether oxygens (including phenoxy) is 1. The molecule has 1 aliphatic heterocycles. The molecule has 0 aromatic rings. The maximum Gasteiger partial charge on any atom is 0.0699 e. The van der Waals surface area contributed by atoms with E-state index in [0.29, 0.717) is 5.92 Å². The van der Waals surface area contributed by atoms with Crippen molar-refractivity contribution in [2.45, 2.75) is 77.1 Å². The van der Waals surface area contributed by atoms with Crippen LogP contribution in [0.3, 0.4) is 0 Å². The first-order valence-electron chi connectivity index (χ1n) is 7.15.